The van der Waals surface area contributed by atoms with Crippen LogP contribution in [0.15, 0.2) is 16.8 Å². The minimum atomic E-state index is 0.963. The van der Waals surface area contributed by atoms with E-state index in [1.54, 1.807) is 11.3 Å². The fourth-order valence-electron chi connectivity index (χ4n) is 2.05. The Morgan fingerprint density at radius 3 is 2.33 bits per heavy atom. The SMILES string of the molecule is CCCCCCOCCCCCCc1ccsc1. The van der Waals surface area contributed by atoms with Gasteiger partial charge in [0.15, 0.2) is 0 Å². The lowest BCUT2D eigenvalue weighted by Gasteiger charge is -2.04. The van der Waals surface area contributed by atoms with Gasteiger partial charge in [-0.25, -0.2) is 0 Å². The van der Waals surface area contributed by atoms with Gasteiger partial charge in [0.2, 0.25) is 0 Å². The van der Waals surface area contributed by atoms with E-state index in [0.717, 1.165) is 13.2 Å². The lowest BCUT2D eigenvalue weighted by molar-refractivity contribution is 0.126. The molecule has 0 saturated carbocycles. The number of thiophene rings is 1. The van der Waals surface area contributed by atoms with E-state index in [9.17, 15) is 0 Å². The van der Waals surface area contributed by atoms with Crippen LogP contribution in [0.4, 0.5) is 0 Å². The van der Waals surface area contributed by atoms with Gasteiger partial charge in [0.25, 0.3) is 0 Å². The summed E-state index contributed by atoms with van der Waals surface area (Å²) in [5.41, 5.74) is 1.51. The highest BCUT2D eigenvalue weighted by Gasteiger charge is 1.94. The van der Waals surface area contributed by atoms with Crippen LogP contribution in [-0.4, -0.2) is 13.2 Å². The molecule has 0 radical (unpaired) electrons. The normalized spacial score (nSPS) is 10.9. The molecule has 0 fully saturated rings. The average Bonchev–Trinajstić information content (AvgIpc) is 2.89. The lowest BCUT2D eigenvalue weighted by Crippen LogP contribution is -1.97. The molecule has 0 atom stereocenters. The van der Waals surface area contributed by atoms with Crippen molar-refractivity contribution in [2.45, 2.75) is 64.7 Å². The first-order valence-corrected chi connectivity index (χ1v) is 8.46. The Bertz CT molecular complexity index is 256. The molecular formula is C16H28OS. The van der Waals surface area contributed by atoms with Crippen LogP contribution in [0.1, 0.15) is 63.9 Å². The summed E-state index contributed by atoms with van der Waals surface area (Å²) < 4.78 is 5.63. The van der Waals surface area contributed by atoms with Gasteiger partial charge in [0.05, 0.1) is 0 Å². The zero-order chi connectivity index (χ0) is 12.9. The third kappa shape index (κ3) is 8.71. The third-order valence-electron chi connectivity index (χ3n) is 3.23. The highest BCUT2D eigenvalue weighted by molar-refractivity contribution is 7.07. The van der Waals surface area contributed by atoms with Crippen molar-refractivity contribution < 1.29 is 4.74 Å². The molecule has 1 aromatic rings. The van der Waals surface area contributed by atoms with E-state index in [-0.39, 0.29) is 0 Å². The highest BCUT2D eigenvalue weighted by atomic mass is 32.1. The molecule has 0 aliphatic heterocycles. The maximum atomic E-state index is 5.63. The molecule has 0 unspecified atom stereocenters. The van der Waals surface area contributed by atoms with Crippen LogP contribution < -0.4 is 0 Å². The molecule has 1 rings (SSSR count). The summed E-state index contributed by atoms with van der Waals surface area (Å²) in [7, 11) is 0. The summed E-state index contributed by atoms with van der Waals surface area (Å²) in [5.74, 6) is 0. The maximum Gasteiger partial charge on any atom is 0.0466 e. The first-order valence-electron chi connectivity index (χ1n) is 7.52. The monoisotopic (exact) mass is 268 g/mol. The van der Waals surface area contributed by atoms with Crippen molar-refractivity contribution in [1.29, 1.82) is 0 Å². The van der Waals surface area contributed by atoms with Crippen LogP contribution >= 0.6 is 11.3 Å². The van der Waals surface area contributed by atoms with Gasteiger partial charge in [-0.15, -0.1) is 0 Å². The molecule has 1 aromatic heterocycles. The van der Waals surface area contributed by atoms with Crippen molar-refractivity contribution in [3.05, 3.63) is 22.4 Å². The lowest BCUT2D eigenvalue weighted by atomic mass is 10.1. The Morgan fingerprint density at radius 1 is 0.944 bits per heavy atom. The van der Waals surface area contributed by atoms with E-state index in [4.69, 9.17) is 4.74 Å². The highest BCUT2D eigenvalue weighted by Crippen LogP contribution is 2.11. The van der Waals surface area contributed by atoms with Gasteiger partial charge < -0.3 is 4.74 Å². The van der Waals surface area contributed by atoms with E-state index < -0.39 is 0 Å². The molecule has 1 nitrogen and oxygen atoms in total. The molecule has 0 aliphatic carbocycles. The minimum Gasteiger partial charge on any atom is -0.381 e. The largest absolute Gasteiger partial charge is 0.381 e. The minimum absolute atomic E-state index is 0.963. The van der Waals surface area contributed by atoms with Crippen LogP contribution in [-0.2, 0) is 11.2 Å². The molecule has 104 valence electrons. The average molecular weight is 268 g/mol. The third-order valence-corrected chi connectivity index (χ3v) is 3.96. The first kappa shape index (κ1) is 15.7. The number of aryl methyl sites for hydroxylation is 1. The molecule has 0 aromatic carbocycles. The van der Waals surface area contributed by atoms with Crippen molar-refractivity contribution >= 4 is 11.3 Å². The summed E-state index contributed by atoms with van der Waals surface area (Å²) in [6, 6.07) is 2.24. The van der Waals surface area contributed by atoms with Crippen LogP contribution in [0.3, 0.4) is 0 Å². The number of hydrogen-bond donors (Lipinski definition) is 0. The van der Waals surface area contributed by atoms with E-state index in [1.165, 1.54) is 63.4 Å². The Morgan fingerprint density at radius 2 is 1.67 bits per heavy atom. The molecular weight excluding hydrogens is 240 g/mol. The fourth-order valence-corrected chi connectivity index (χ4v) is 2.76. The second-order valence-electron chi connectivity index (χ2n) is 4.97. The van der Waals surface area contributed by atoms with Crippen LogP contribution in [0, 0.1) is 0 Å². The molecule has 2 heteroatoms. The zero-order valence-corrected chi connectivity index (χ0v) is 12.6. The molecule has 0 aliphatic rings. The quantitative estimate of drug-likeness (QED) is 0.458. The molecule has 18 heavy (non-hydrogen) atoms. The Hall–Kier alpha value is -0.340. The Kier molecular flexibility index (Phi) is 10.2. The van der Waals surface area contributed by atoms with E-state index >= 15 is 0 Å². The summed E-state index contributed by atoms with van der Waals surface area (Å²) in [6.45, 7) is 4.18. The van der Waals surface area contributed by atoms with Gasteiger partial charge in [0.1, 0.15) is 0 Å². The molecule has 0 amide bonds. The van der Waals surface area contributed by atoms with Gasteiger partial charge in [0, 0.05) is 13.2 Å². The van der Waals surface area contributed by atoms with Gasteiger partial charge in [-0.05, 0) is 48.1 Å². The Balaban J connectivity index is 1.73. The fraction of sp³-hybridized carbons (Fsp3) is 0.750. The Labute approximate surface area is 117 Å². The molecule has 0 bridgehead atoms. The van der Waals surface area contributed by atoms with Crippen molar-refractivity contribution in [2.75, 3.05) is 13.2 Å². The predicted octanol–water partition coefficient (Wildman–Crippen LogP) is 5.45. The maximum absolute atomic E-state index is 5.63. The van der Waals surface area contributed by atoms with Crippen LogP contribution in [0.25, 0.3) is 0 Å². The van der Waals surface area contributed by atoms with Crippen LogP contribution in [0.2, 0.25) is 0 Å². The smallest absolute Gasteiger partial charge is 0.0466 e. The topological polar surface area (TPSA) is 9.23 Å². The second-order valence-corrected chi connectivity index (χ2v) is 5.75. The summed E-state index contributed by atoms with van der Waals surface area (Å²) >= 11 is 1.80. The zero-order valence-electron chi connectivity index (χ0n) is 11.8. The van der Waals surface area contributed by atoms with E-state index in [0.29, 0.717) is 0 Å². The van der Waals surface area contributed by atoms with E-state index in [1.807, 2.05) is 0 Å². The van der Waals surface area contributed by atoms with Gasteiger partial charge in [-0.3, -0.25) is 0 Å². The second kappa shape index (κ2) is 11.7. The van der Waals surface area contributed by atoms with Gasteiger partial charge >= 0.3 is 0 Å². The molecule has 0 saturated heterocycles. The van der Waals surface area contributed by atoms with Crippen LogP contribution in [0.5, 0.6) is 0 Å². The van der Waals surface area contributed by atoms with Gasteiger partial charge in [-0.2, -0.15) is 11.3 Å². The number of hydrogen-bond acceptors (Lipinski definition) is 2. The first-order chi connectivity index (χ1) is 8.93. The predicted molar refractivity (Wildman–Crippen MR) is 81.5 cm³/mol. The molecule has 1 heterocycles. The van der Waals surface area contributed by atoms with Crippen molar-refractivity contribution in [1.82, 2.24) is 0 Å². The number of unbranched alkanes of at least 4 members (excludes halogenated alkanes) is 6. The number of rotatable bonds is 12. The molecule has 0 spiro atoms. The van der Waals surface area contributed by atoms with Crippen molar-refractivity contribution in [2.24, 2.45) is 0 Å². The summed E-state index contributed by atoms with van der Waals surface area (Å²) in [5, 5.41) is 4.43. The summed E-state index contributed by atoms with van der Waals surface area (Å²) in [4.78, 5) is 0. The van der Waals surface area contributed by atoms with Gasteiger partial charge in [-0.1, -0.05) is 39.0 Å². The summed E-state index contributed by atoms with van der Waals surface area (Å²) in [6.07, 6.45) is 11.7. The molecule has 0 N–H and O–H groups in total. The number of ether oxygens (including phenoxy) is 1. The van der Waals surface area contributed by atoms with E-state index in [2.05, 4.69) is 23.8 Å². The van der Waals surface area contributed by atoms with Crippen molar-refractivity contribution in [3.63, 3.8) is 0 Å². The standard InChI is InChI=1S/C16H28OS/c1-2-3-4-8-12-17-13-9-6-5-7-10-16-11-14-18-15-16/h11,14-15H,2-10,12-13H2,1H3. The van der Waals surface area contributed by atoms with Crippen molar-refractivity contribution in [3.8, 4) is 0 Å².